The van der Waals surface area contributed by atoms with Crippen LogP contribution in [0.25, 0.3) is 0 Å². The van der Waals surface area contributed by atoms with E-state index in [2.05, 4.69) is 0 Å². The molecule has 0 bridgehead atoms. The standard InChI is InChI=1S/C16H22N2O5S/c1-2-24(21,22)18-8-6-13(7-9-18)16(20)23-11-12-4-3-5-14(10-12)15(17)19/h3-5,10,13H,2,6-9,11H2,1H3,(H2,17,19). The van der Waals surface area contributed by atoms with Crippen LogP contribution < -0.4 is 5.73 Å². The van der Waals surface area contributed by atoms with Gasteiger partial charge in [0, 0.05) is 18.7 Å². The van der Waals surface area contributed by atoms with E-state index in [0.717, 1.165) is 0 Å². The zero-order valence-electron chi connectivity index (χ0n) is 13.6. The minimum Gasteiger partial charge on any atom is -0.461 e. The van der Waals surface area contributed by atoms with Gasteiger partial charge in [0.25, 0.3) is 0 Å². The molecule has 8 heteroatoms. The van der Waals surface area contributed by atoms with Crippen LogP contribution in [0.15, 0.2) is 24.3 Å². The van der Waals surface area contributed by atoms with Gasteiger partial charge in [-0.3, -0.25) is 9.59 Å². The lowest BCUT2D eigenvalue weighted by Crippen LogP contribution is -2.41. The highest BCUT2D eigenvalue weighted by molar-refractivity contribution is 7.89. The Morgan fingerprint density at radius 3 is 2.54 bits per heavy atom. The summed E-state index contributed by atoms with van der Waals surface area (Å²) >= 11 is 0. The molecule has 0 spiro atoms. The van der Waals surface area contributed by atoms with Crippen LogP contribution in [0.3, 0.4) is 0 Å². The van der Waals surface area contributed by atoms with E-state index in [1.807, 2.05) is 0 Å². The summed E-state index contributed by atoms with van der Waals surface area (Å²) in [5, 5.41) is 0. The summed E-state index contributed by atoms with van der Waals surface area (Å²) in [5.41, 5.74) is 6.26. The lowest BCUT2D eigenvalue weighted by atomic mass is 9.98. The number of esters is 1. The zero-order chi connectivity index (χ0) is 17.7. The third kappa shape index (κ3) is 4.55. The molecule has 0 saturated carbocycles. The number of primary amides is 1. The fraction of sp³-hybridized carbons (Fsp3) is 0.500. The predicted octanol–water partition coefficient (Wildman–Crippen LogP) is 0.890. The van der Waals surface area contributed by atoms with Crippen molar-refractivity contribution in [3.63, 3.8) is 0 Å². The van der Waals surface area contributed by atoms with Gasteiger partial charge in [0.1, 0.15) is 6.61 Å². The van der Waals surface area contributed by atoms with Gasteiger partial charge in [0.2, 0.25) is 15.9 Å². The summed E-state index contributed by atoms with van der Waals surface area (Å²) in [6.45, 7) is 2.35. The van der Waals surface area contributed by atoms with Crippen molar-refractivity contribution in [3.05, 3.63) is 35.4 Å². The lowest BCUT2D eigenvalue weighted by Gasteiger charge is -2.29. The number of sulfonamides is 1. The largest absolute Gasteiger partial charge is 0.461 e. The first kappa shape index (κ1) is 18.4. The first-order chi connectivity index (χ1) is 11.3. The molecule has 1 aliphatic heterocycles. The maximum atomic E-state index is 12.1. The van der Waals surface area contributed by atoms with Crippen molar-refractivity contribution >= 4 is 21.9 Å². The molecule has 0 aliphatic carbocycles. The predicted molar refractivity (Wildman–Crippen MR) is 88.5 cm³/mol. The van der Waals surface area contributed by atoms with Gasteiger partial charge in [-0.05, 0) is 37.5 Å². The van der Waals surface area contributed by atoms with E-state index in [0.29, 0.717) is 37.1 Å². The van der Waals surface area contributed by atoms with Gasteiger partial charge >= 0.3 is 5.97 Å². The number of benzene rings is 1. The van der Waals surface area contributed by atoms with Crippen LogP contribution in [0.5, 0.6) is 0 Å². The van der Waals surface area contributed by atoms with Crippen LogP contribution in [-0.4, -0.2) is 43.4 Å². The molecule has 1 fully saturated rings. The number of amides is 1. The molecule has 1 heterocycles. The SMILES string of the molecule is CCS(=O)(=O)N1CCC(C(=O)OCc2cccc(C(N)=O)c2)CC1. The fourth-order valence-electron chi connectivity index (χ4n) is 2.64. The lowest BCUT2D eigenvalue weighted by molar-refractivity contribution is -0.151. The number of hydrogen-bond acceptors (Lipinski definition) is 5. The van der Waals surface area contributed by atoms with Gasteiger partial charge in [0.15, 0.2) is 0 Å². The maximum absolute atomic E-state index is 12.1. The Balaban J connectivity index is 1.86. The highest BCUT2D eigenvalue weighted by atomic mass is 32.2. The second-order valence-corrected chi connectivity index (χ2v) is 8.00. The molecule has 1 aliphatic rings. The van der Waals surface area contributed by atoms with Gasteiger partial charge in [-0.2, -0.15) is 0 Å². The Kier molecular flexibility index (Phi) is 5.95. The summed E-state index contributed by atoms with van der Waals surface area (Å²) in [5.74, 6) is -1.11. The Morgan fingerprint density at radius 1 is 1.29 bits per heavy atom. The van der Waals surface area contributed by atoms with Crippen LogP contribution in [0, 0.1) is 5.92 Å². The van der Waals surface area contributed by atoms with Crippen molar-refractivity contribution in [1.29, 1.82) is 0 Å². The van der Waals surface area contributed by atoms with E-state index >= 15 is 0 Å². The molecule has 1 aromatic rings. The number of nitrogens with zero attached hydrogens (tertiary/aromatic N) is 1. The molecule has 24 heavy (non-hydrogen) atoms. The molecule has 0 unspecified atom stereocenters. The van der Waals surface area contributed by atoms with Crippen molar-refractivity contribution in [3.8, 4) is 0 Å². The normalized spacial score (nSPS) is 16.7. The third-order valence-electron chi connectivity index (χ3n) is 4.14. The van der Waals surface area contributed by atoms with E-state index in [4.69, 9.17) is 10.5 Å². The van der Waals surface area contributed by atoms with Crippen molar-refractivity contribution in [1.82, 2.24) is 4.31 Å². The molecule has 1 amide bonds. The summed E-state index contributed by atoms with van der Waals surface area (Å²) in [4.78, 5) is 23.3. The number of piperidine rings is 1. The molecule has 0 aromatic heterocycles. The maximum Gasteiger partial charge on any atom is 0.309 e. The molecular weight excluding hydrogens is 332 g/mol. The van der Waals surface area contributed by atoms with E-state index in [1.165, 1.54) is 4.31 Å². The highest BCUT2D eigenvalue weighted by Gasteiger charge is 2.30. The van der Waals surface area contributed by atoms with Crippen molar-refractivity contribution < 1.29 is 22.7 Å². The molecule has 0 atom stereocenters. The second kappa shape index (κ2) is 7.76. The number of carbonyl (C=O) groups excluding carboxylic acids is 2. The number of carbonyl (C=O) groups is 2. The Morgan fingerprint density at radius 2 is 1.96 bits per heavy atom. The van der Waals surface area contributed by atoms with E-state index in [-0.39, 0.29) is 24.2 Å². The molecule has 2 N–H and O–H groups in total. The quantitative estimate of drug-likeness (QED) is 0.764. The van der Waals surface area contributed by atoms with Crippen LogP contribution >= 0.6 is 0 Å². The number of nitrogens with two attached hydrogens (primary N) is 1. The number of rotatable bonds is 6. The number of ether oxygens (including phenoxy) is 1. The molecular formula is C16H22N2O5S. The first-order valence-electron chi connectivity index (χ1n) is 7.86. The summed E-state index contributed by atoms with van der Waals surface area (Å²) in [6, 6.07) is 6.61. The molecule has 7 nitrogen and oxygen atoms in total. The third-order valence-corrected chi connectivity index (χ3v) is 6.02. The van der Waals surface area contributed by atoms with Crippen LogP contribution in [0.2, 0.25) is 0 Å². The van der Waals surface area contributed by atoms with Gasteiger partial charge in [-0.25, -0.2) is 12.7 Å². The second-order valence-electron chi connectivity index (χ2n) is 5.75. The average Bonchev–Trinajstić information content (AvgIpc) is 2.60. The van der Waals surface area contributed by atoms with Crippen LogP contribution in [-0.2, 0) is 26.2 Å². The van der Waals surface area contributed by atoms with Crippen molar-refractivity contribution in [2.45, 2.75) is 26.4 Å². The van der Waals surface area contributed by atoms with Crippen molar-refractivity contribution in [2.75, 3.05) is 18.8 Å². The smallest absolute Gasteiger partial charge is 0.309 e. The molecule has 132 valence electrons. The molecule has 0 radical (unpaired) electrons. The Labute approximate surface area is 141 Å². The minimum atomic E-state index is -3.20. The topological polar surface area (TPSA) is 107 Å². The minimum absolute atomic E-state index is 0.0629. The zero-order valence-corrected chi connectivity index (χ0v) is 14.4. The van der Waals surface area contributed by atoms with Gasteiger partial charge < -0.3 is 10.5 Å². The molecule has 1 saturated heterocycles. The summed E-state index contributed by atoms with van der Waals surface area (Å²) in [7, 11) is -3.20. The summed E-state index contributed by atoms with van der Waals surface area (Å²) in [6.07, 6.45) is 0.915. The fourth-order valence-corrected chi connectivity index (χ4v) is 3.77. The molecule has 2 rings (SSSR count). The highest BCUT2D eigenvalue weighted by Crippen LogP contribution is 2.21. The number of hydrogen-bond donors (Lipinski definition) is 1. The molecule has 1 aromatic carbocycles. The average molecular weight is 354 g/mol. The van der Waals surface area contributed by atoms with E-state index in [1.54, 1.807) is 31.2 Å². The Hall–Kier alpha value is -1.93. The summed E-state index contributed by atoms with van der Waals surface area (Å²) < 4.78 is 30.3. The van der Waals surface area contributed by atoms with Crippen LogP contribution in [0.4, 0.5) is 0 Å². The van der Waals surface area contributed by atoms with E-state index < -0.39 is 15.9 Å². The van der Waals surface area contributed by atoms with Gasteiger partial charge in [-0.1, -0.05) is 12.1 Å². The monoisotopic (exact) mass is 354 g/mol. The Bertz CT molecular complexity index is 709. The van der Waals surface area contributed by atoms with Gasteiger partial charge in [0.05, 0.1) is 11.7 Å². The van der Waals surface area contributed by atoms with Crippen LogP contribution in [0.1, 0.15) is 35.7 Å². The van der Waals surface area contributed by atoms with E-state index in [9.17, 15) is 18.0 Å². The first-order valence-corrected chi connectivity index (χ1v) is 9.47. The van der Waals surface area contributed by atoms with Crippen molar-refractivity contribution in [2.24, 2.45) is 11.7 Å². The van der Waals surface area contributed by atoms with Gasteiger partial charge in [-0.15, -0.1) is 0 Å².